The summed E-state index contributed by atoms with van der Waals surface area (Å²) in [6.07, 6.45) is 5.99. The van der Waals surface area contributed by atoms with Crippen LogP contribution < -0.4 is 5.32 Å². The molecule has 1 unspecified atom stereocenters. The molecule has 6 heteroatoms. The Hall–Kier alpha value is -2.81. The van der Waals surface area contributed by atoms with E-state index in [9.17, 15) is 10.1 Å². The van der Waals surface area contributed by atoms with E-state index in [-0.39, 0.29) is 11.3 Å². The smallest absolute Gasteiger partial charge is 0.249 e. The summed E-state index contributed by atoms with van der Waals surface area (Å²) in [5, 5.41) is 13.9. The largest absolute Gasteiger partial charge is 0.457 e. The fourth-order valence-corrected chi connectivity index (χ4v) is 5.46. The van der Waals surface area contributed by atoms with Crippen molar-refractivity contribution in [1.29, 1.82) is 5.26 Å². The molecule has 0 bridgehead atoms. The van der Waals surface area contributed by atoms with E-state index in [4.69, 9.17) is 16.0 Å². The number of furan rings is 1. The molecule has 2 heterocycles. The molecule has 164 valence electrons. The third kappa shape index (κ3) is 4.82. The van der Waals surface area contributed by atoms with Gasteiger partial charge < -0.3 is 9.73 Å². The van der Waals surface area contributed by atoms with Gasteiger partial charge in [-0.3, -0.25) is 4.79 Å². The Bertz CT molecular complexity index is 1210. The first-order valence-electron chi connectivity index (χ1n) is 10.6. The molecule has 0 aliphatic heterocycles. The van der Waals surface area contributed by atoms with E-state index >= 15 is 0 Å². The summed E-state index contributed by atoms with van der Waals surface area (Å²) < 4.78 is 5.81. The number of carbonyl (C=O) groups excluding carboxylic acids is 1. The summed E-state index contributed by atoms with van der Waals surface area (Å²) in [4.78, 5) is 13.8. The molecule has 1 amide bonds. The number of thiophene rings is 1. The Kier molecular flexibility index (Phi) is 6.28. The van der Waals surface area contributed by atoms with Gasteiger partial charge in [0.15, 0.2) is 0 Å². The number of carbonyl (C=O) groups is 1. The molecule has 4 nitrogen and oxygen atoms in total. The van der Waals surface area contributed by atoms with E-state index in [0.717, 1.165) is 30.4 Å². The van der Waals surface area contributed by atoms with Crippen molar-refractivity contribution in [2.24, 2.45) is 11.3 Å². The van der Waals surface area contributed by atoms with Crippen molar-refractivity contribution >= 4 is 39.9 Å². The second kappa shape index (κ2) is 8.97. The molecule has 0 radical (unpaired) electrons. The highest BCUT2D eigenvalue weighted by Crippen LogP contribution is 2.44. The second-order valence-electron chi connectivity index (χ2n) is 9.16. The average Bonchev–Trinajstić information content (AvgIpc) is 3.35. The Labute approximate surface area is 197 Å². The van der Waals surface area contributed by atoms with E-state index in [0.29, 0.717) is 33.0 Å². The molecule has 1 aliphatic rings. The van der Waals surface area contributed by atoms with Gasteiger partial charge in [-0.1, -0.05) is 32.4 Å². The number of anilines is 1. The molecule has 0 saturated carbocycles. The summed E-state index contributed by atoms with van der Waals surface area (Å²) >= 11 is 7.47. The van der Waals surface area contributed by atoms with Gasteiger partial charge >= 0.3 is 0 Å². The van der Waals surface area contributed by atoms with Gasteiger partial charge in [0.25, 0.3) is 0 Å². The fourth-order valence-electron chi connectivity index (χ4n) is 4.05. The number of halogens is 1. The molecule has 32 heavy (non-hydrogen) atoms. The molecular formula is C26H25ClN2O2S. The van der Waals surface area contributed by atoms with Gasteiger partial charge in [0.2, 0.25) is 5.91 Å². The standard InChI is InChI=1S/C26H25ClN2O2S/c1-26(2,3)17-6-11-20-21(15-28)25(32-23(20)14-17)29-24(30)13-10-19-9-12-22(31-19)16-4-7-18(27)8-5-16/h4-5,7-10,12-13,17H,6,11,14H2,1-3H3,(H,29,30)/b13-10+. The zero-order valence-corrected chi connectivity index (χ0v) is 19.9. The van der Waals surface area contributed by atoms with Gasteiger partial charge in [-0.2, -0.15) is 5.26 Å². The van der Waals surface area contributed by atoms with Gasteiger partial charge in [-0.15, -0.1) is 11.3 Å². The molecule has 4 rings (SSSR count). The first kappa shape index (κ1) is 22.4. The topological polar surface area (TPSA) is 66.0 Å². The molecule has 3 aromatic rings. The summed E-state index contributed by atoms with van der Waals surface area (Å²) in [5.41, 5.74) is 2.86. The molecular weight excluding hydrogens is 440 g/mol. The van der Waals surface area contributed by atoms with Gasteiger partial charge in [0.05, 0.1) is 5.56 Å². The van der Waals surface area contributed by atoms with Gasteiger partial charge in [0, 0.05) is 21.5 Å². The van der Waals surface area contributed by atoms with E-state index in [1.165, 1.54) is 22.3 Å². The van der Waals surface area contributed by atoms with Crippen LogP contribution in [0.15, 0.2) is 46.9 Å². The predicted octanol–water partition coefficient (Wildman–Crippen LogP) is 7.34. The first-order chi connectivity index (χ1) is 15.2. The minimum Gasteiger partial charge on any atom is -0.457 e. The van der Waals surface area contributed by atoms with E-state index in [1.54, 1.807) is 18.2 Å². The van der Waals surface area contributed by atoms with Crippen LogP contribution in [0, 0.1) is 22.7 Å². The van der Waals surface area contributed by atoms with Crippen molar-refractivity contribution in [3.8, 4) is 17.4 Å². The van der Waals surface area contributed by atoms with Crippen LogP contribution in [0.5, 0.6) is 0 Å². The highest BCUT2D eigenvalue weighted by Gasteiger charge is 2.32. The minimum absolute atomic E-state index is 0.231. The lowest BCUT2D eigenvalue weighted by Gasteiger charge is -2.33. The van der Waals surface area contributed by atoms with Crippen LogP contribution in [0.4, 0.5) is 5.00 Å². The first-order valence-corrected chi connectivity index (χ1v) is 11.8. The summed E-state index contributed by atoms with van der Waals surface area (Å²) in [6.45, 7) is 6.80. The molecule has 0 fully saturated rings. The maximum Gasteiger partial charge on any atom is 0.249 e. The number of nitrogens with one attached hydrogen (secondary N) is 1. The van der Waals surface area contributed by atoms with Crippen molar-refractivity contribution < 1.29 is 9.21 Å². The summed E-state index contributed by atoms with van der Waals surface area (Å²) in [7, 11) is 0. The SMILES string of the molecule is CC(C)(C)C1CCc2c(sc(NC(=O)/C=C/c3ccc(-c4ccc(Cl)cc4)o3)c2C#N)C1. The lowest BCUT2D eigenvalue weighted by molar-refractivity contribution is -0.111. The van der Waals surface area contributed by atoms with Crippen molar-refractivity contribution in [1.82, 2.24) is 0 Å². The summed E-state index contributed by atoms with van der Waals surface area (Å²) in [5.74, 6) is 1.58. The molecule has 1 aliphatic carbocycles. The van der Waals surface area contributed by atoms with E-state index in [2.05, 4.69) is 32.2 Å². The van der Waals surface area contributed by atoms with Gasteiger partial charge in [0.1, 0.15) is 22.6 Å². The number of rotatable bonds is 4. The van der Waals surface area contributed by atoms with Crippen LogP contribution in [-0.2, 0) is 17.6 Å². The Balaban J connectivity index is 1.46. The van der Waals surface area contributed by atoms with Crippen LogP contribution >= 0.6 is 22.9 Å². The monoisotopic (exact) mass is 464 g/mol. The third-order valence-electron chi connectivity index (χ3n) is 5.99. The molecule has 0 saturated heterocycles. The Morgan fingerprint density at radius 2 is 2.00 bits per heavy atom. The predicted molar refractivity (Wildman–Crippen MR) is 131 cm³/mol. The highest BCUT2D eigenvalue weighted by molar-refractivity contribution is 7.16. The third-order valence-corrected chi connectivity index (χ3v) is 7.41. The van der Waals surface area contributed by atoms with Crippen molar-refractivity contribution in [2.45, 2.75) is 40.0 Å². The molecule has 1 aromatic carbocycles. The van der Waals surface area contributed by atoms with Gasteiger partial charge in [-0.25, -0.2) is 0 Å². The number of hydrogen-bond acceptors (Lipinski definition) is 4. The van der Waals surface area contributed by atoms with Crippen LogP contribution in [-0.4, -0.2) is 5.91 Å². The second-order valence-corrected chi connectivity index (χ2v) is 10.7. The van der Waals surface area contributed by atoms with Crippen molar-refractivity contribution in [3.63, 3.8) is 0 Å². The van der Waals surface area contributed by atoms with Crippen LogP contribution in [0.1, 0.15) is 49.0 Å². The zero-order chi connectivity index (χ0) is 22.9. The number of amides is 1. The molecule has 1 N–H and O–H groups in total. The van der Waals surface area contributed by atoms with Crippen molar-refractivity contribution in [3.05, 3.63) is 69.3 Å². The molecule has 2 aromatic heterocycles. The number of nitrogens with zero attached hydrogens (tertiary/aromatic N) is 1. The highest BCUT2D eigenvalue weighted by atomic mass is 35.5. The Morgan fingerprint density at radius 1 is 1.25 bits per heavy atom. The minimum atomic E-state index is -0.281. The molecule has 1 atom stereocenters. The lowest BCUT2D eigenvalue weighted by atomic mass is 9.72. The fraction of sp³-hybridized carbons (Fsp3) is 0.308. The normalized spacial score (nSPS) is 16.0. The van der Waals surface area contributed by atoms with E-state index < -0.39 is 0 Å². The Morgan fingerprint density at radius 3 is 2.69 bits per heavy atom. The average molecular weight is 465 g/mol. The van der Waals surface area contributed by atoms with Crippen molar-refractivity contribution in [2.75, 3.05) is 5.32 Å². The number of hydrogen-bond donors (Lipinski definition) is 1. The zero-order valence-electron chi connectivity index (χ0n) is 18.4. The van der Waals surface area contributed by atoms with Crippen LogP contribution in [0.2, 0.25) is 5.02 Å². The number of benzene rings is 1. The lowest BCUT2D eigenvalue weighted by Crippen LogP contribution is -2.26. The van der Waals surface area contributed by atoms with Crippen LogP contribution in [0.3, 0.4) is 0 Å². The maximum absolute atomic E-state index is 12.5. The summed E-state index contributed by atoms with van der Waals surface area (Å²) in [6, 6.07) is 13.3. The quantitative estimate of drug-likeness (QED) is 0.411. The number of nitriles is 1. The molecule has 0 spiro atoms. The van der Waals surface area contributed by atoms with E-state index in [1.807, 2.05) is 24.3 Å². The number of fused-ring (bicyclic) bond motifs is 1. The van der Waals surface area contributed by atoms with Gasteiger partial charge in [-0.05, 0) is 78.6 Å². The van der Waals surface area contributed by atoms with Crippen LogP contribution in [0.25, 0.3) is 17.4 Å². The maximum atomic E-state index is 12.5.